The first-order valence-corrected chi connectivity index (χ1v) is 9.85. The molecule has 0 fully saturated rings. The topological polar surface area (TPSA) is 72.2 Å². The van der Waals surface area contributed by atoms with Gasteiger partial charge in [-0.15, -0.1) is 0 Å². The first-order chi connectivity index (χ1) is 8.77. The van der Waals surface area contributed by atoms with Gasteiger partial charge in [0.2, 0.25) is 10.0 Å². The summed E-state index contributed by atoms with van der Waals surface area (Å²) in [7, 11) is -3.58. The normalized spacial score (nSPS) is 13.5. The van der Waals surface area contributed by atoms with Gasteiger partial charge in [-0.25, -0.2) is 13.1 Å². The van der Waals surface area contributed by atoms with E-state index in [1.54, 1.807) is 23.9 Å². The molecule has 1 atom stereocenters. The zero-order valence-corrected chi connectivity index (χ0v) is 15.4. The van der Waals surface area contributed by atoms with Crippen LogP contribution in [0.3, 0.4) is 0 Å². The number of nitrogens with two attached hydrogens (primary N) is 1. The summed E-state index contributed by atoms with van der Waals surface area (Å²) in [5, 5.41) is 0. The maximum atomic E-state index is 12.3. The minimum absolute atomic E-state index is 0.133. The zero-order valence-electron chi connectivity index (χ0n) is 10.6. The van der Waals surface area contributed by atoms with Crippen LogP contribution in [0.5, 0.6) is 0 Å². The van der Waals surface area contributed by atoms with Crippen LogP contribution in [0.15, 0.2) is 26.0 Å². The molecule has 0 radical (unpaired) electrons. The predicted molar refractivity (Wildman–Crippen MR) is 89.0 cm³/mol. The summed E-state index contributed by atoms with van der Waals surface area (Å²) >= 11 is 8.18. The van der Waals surface area contributed by atoms with Gasteiger partial charge in [-0.3, -0.25) is 0 Å². The summed E-state index contributed by atoms with van der Waals surface area (Å²) in [5.74, 6) is 1.70. The Kier molecular flexibility index (Phi) is 6.65. The number of anilines is 1. The van der Waals surface area contributed by atoms with Gasteiger partial charge in [0.25, 0.3) is 0 Å². The van der Waals surface area contributed by atoms with Gasteiger partial charge >= 0.3 is 0 Å². The van der Waals surface area contributed by atoms with E-state index in [2.05, 4.69) is 36.6 Å². The molecule has 0 bridgehead atoms. The van der Waals surface area contributed by atoms with Gasteiger partial charge in [-0.05, 0) is 56.7 Å². The number of sulfonamides is 1. The molecule has 0 saturated heterocycles. The summed E-state index contributed by atoms with van der Waals surface area (Å²) in [6.07, 6.45) is 0. The van der Waals surface area contributed by atoms with Gasteiger partial charge in [0, 0.05) is 26.4 Å². The Hall–Kier alpha value is 0.240. The lowest BCUT2D eigenvalue weighted by Gasteiger charge is -2.16. The highest BCUT2D eigenvalue weighted by atomic mass is 79.9. The molecular formula is C11H16Br2N2O2S2. The highest BCUT2D eigenvalue weighted by Crippen LogP contribution is 2.32. The van der Waals surface area contributed by atoms with Crippen LogP contribution in [-0.2, 0) is 10.0 Å². The molecule has 3 N–H and O–H groups in total. The number of rotatable bonds is 6. The molecule has 1 aromatic carbocycles. The molecule has 0 aromatic heterocycles. The molecule has 1 aromatic rings. The SMILES string of the molecule is CCSCC(C)NS(=O)(=O)c1c(Br)cc(N)cc1Br. The molecule has 0 aliphatic rings. The summed E-state index contributed by atoms with van der Waals surface area (Å²) in [5.41, 5.74) is 6.15. The van der Waals surface area contributed by atoms with Crippen LogP contribution in [0.2, 0.25) is 0 Å². The number of benzene rings is 1. The van der Waals surface area contributed by atoms with E-state index in [0.717, 1.165) is 11.5 Å². The molecule has 1 rings (SSSR count). The summed E-state index contributed by atoms with van der Waals surface area (Å²) in [4.78, 5) is 0.176. The Morgan fingerprint density at radius 1 is 1.37 bits per heavy atom. The van der Waals surface area contributed by atoms with E-state index in [4.69, 9.17) is 5.73 Å². The lowest BCUT2D eigenvalue weighted by Crippen LogP contribution is -2.34. The minimum Gasteiger partial charge on any atom is -0.399 e. The van der Waals surface area contributed by atoms with Crippen molar-refractivity contribution >= 4 is 59.3 Å². The molecule has 8 heteroatoms. The highest BCUT2D eigenvalue weighted by Gasteiger charge is 2.23. The third kappa shape index (κ3) is 4.93. The van der Waals surface area contributed by atoms with E-state index in [9.17, 15) is 8.42 Å². The second-order valence-electron chi connectivity index (χ2n) is 4.00. The maximum absolute atomic E-state index is 12.3. The van der Waals surface area contributed by atoms with Crippen molar-refractivity contribution in [2.45, 2.75) is 24.8 Å². The molecule has 1 unspecified atom stereocenters. The Balaban J connectivity index is 3.01. The molecule has 19 heavy (non-hydrogen) atoms. The summed E-state index contributed by atoms with van der Waals surface area (Å²) in [6.45, 7) is 3.89. The van der Waals surface area contributed by atoms with E-state index >= 15 is 0 Å². The first-order valence-electron chi connectivity index (χ1n) is 5.62. The first kappa shape index (κ1) is 17.3. The molecule has 108 valence electrons. The van der Waals surface area contributed by atoms with E-state index in [1.165, 1.54) is 0 Å². The van der Waals surface area contributed by atoms with Crippen LogP contribution in [0.25, 0.3) is 0 Å². The fourth-order valence-corrected chi connectivity index (χ4v) is 6.13. The number of thioether (sulfide) groups is 1. The van der Waals surface area contributed by atoms with Crippen molar-refractivity contribution in [1.29, 1.82) is 0 Å². The van der Waals surface area contributed by atoms with Crippen molar-refractivity contribution in [2.24, 2.45) is 0 Å². The Morgan fingerprint density at radius 2 is 1.89 bits per heavy atom. The van der Waals surface area contributed by atoms with Gasteiger partial charge in [0.1, 0.15) is 4.90 Å². The summed E-state index contributed by atoms with van der Waals surface area (Å²) in [6, 6.07) is 3.02. The number of hydrogen-bond acceptors (Lipinski definition) is 4. The van der Waals surface area contributed by atoms with Crippen molar-refractivity contribution in [3.63, 3.8) is 0 Å². The highest BCUT2D eigenvalue weighted by molar-refractivity contribution is 9.11. The fraction of sp³-hybridized carbons (Fsp3) is 0.455. The minimum atomic E-state index is -3.58. The van der Waals surface area contributed by atoms with Gasteiger partial charge in [-0.2, -0.15) is 11.8 Å². The van der Waals surface area contributed by atoms with Crippen LogP contribution < -0.4 is 10.5 Å². The molecule has 4 nitrogen and oxygen atoms in total. The monoisotopic (exact) mass is 430 g/mol. The third-order valence-electron chi connectivity index (χ3n) is 2.22. The van der Waals surface area contributed by atoms with Crippen molar-refractivity contribution in [1.82, 2.24) is 4.72 Å². The Labute approximate surface area is 135 Å². The maximum Gasteiger partial charge on any atom is 0.243 e. The number of nitrogens with one attached hydrogen (secondary N) is 1. The van der Waals surface area contributed by atoms with Crippen LogP contribution >= 0.6 is 43.6 Å². The number of halogens is 2. The van der Waals surface area contributed by atoms with Gasteiger partial charge in [0.15, 0.2) is 0 Å². The van der Waals surface area contributed by atoms with Crippen LogP contribution in [0.4, 0.5) is 5.69 Å². The van der Waals surface area contributed by atoms with Crippen molar-refractivity contribution in [3.05, 3.63) is 21.1 Å². The Morgan fingerprint density at radius 3 is 2.37 bits per heavy atom. The Bertz CT molecular complexity index is 527. The quantitative estimate of drug-likeness (QED) is 0.678. The zero-order chi connectivity index (χ0) is 14.6. The van der Waals surface area contributed by atoms with Crippen LogP contribution in [-0.4, -0.2) is 26.0 Å². The molecule has 0 amide bonds. The largest absolute Gasteiger partial charge is 0.399 e. The van der Waals surface area contributed by atoms with Crippen molar-refractivity contribution in [2.75, 3.05) is 17.2 Å². The molecule has 0 saturated carbocycles. The second-order valence-corrected chi connectivity index (χ2v) is 8.67. The van der Waals surface area contributed by atoms with Crippen molar-refractivity contribution in [3.8, 4) is 0 Å². The van der Waals surface area contributed by atoms with E-state index in [0.29, 0.717) is 14.6 Å². The third-order valence-corrected chi connectivity index (χ3v) is 6.83. The molecule has 0 aliphatic heterocycles. The molecule has 0 spiro atoms. The van der Waals surface area contributed by atoms with Gasteiger partial charge in [0.05, 0.1) is 0 Å². The second kappa shape index (κ2) is 7.31. The standard InChI is InChI=1S/C11H16Br2N2O2S2/c1-3-18-6-7(2)15-19(16,17)11-9(12)4-8(14)5-10(11)13/h4-5,7,15H,3,6,14H2,1-2H3. The molecular weight excluding hydrogens is 416 g/mol. The lowest BCUT2D eigenvalue weighted by molar-refractivity contribution is 0.570. The smallest absolute Gasteiger partial charge is 0.243 e. The summed E-state index contributed by atoms with van der Waals surface area (Å²) < 4.78 is 28.2. The average Bonchev–Trinajstić information content (AvgIpc) is 2.23. The van der Waals surface area contributed by atoms with E-state index in [-0.39, 0.29) is 10.9 Å². The van der Waals surface area contributed by atoms with Crippen molar-refractivity contribution < 1.29 is 8.42 Å². The fourth-order valence-electron chi connectivity index (χ4n) is 1.49. The lowest BCUT2D eigenvalue weighted by atomic mass is 10.3. The van der Waals surface area contributed by atoms with Gasteiger partial charge < -0.3 is 5.73 Å². The average molecular weight is 432 g/mol. The number of hydrogen-bond donors (Lipinski definition) is 2. The van der Waals surface area contributed by atoms with E-state index in [1.807, 2.05) is 13.8 Å². The molecule has 0 heterocycles. The van der Waals surface area contributed by atoms with Crippen LogP contribution in [0.1, 0.15) is 13.8 Å². The van der Waals surface area contributed by atoms with Gasteiger partial charge in [-0.1, -0.05) is 6.92 Å². The predicted octanol–water partition coefficient (Wildman–Crippen LogP) is 3.21. The van der Waals surface area contributed by atoms with E-state index < -0.39 is 10.0 Å². The molecule has 0 aliphatic carbocycles. The van der Waals surface area contributed by atoms with Crippen LogP contribution in [0, 0.1) is 0 Å². The number of nitrogen functional groups attached to an aromatic ring is 1.